The second-order valence-corrected chi connectivity index (χ2v) is 6.96. The molecule has 27 heavy (non-hydrogen) atoms. The van der Waals surface area contributed by atoms with E-state index >= 15 is 0 Å². The summed E-state index contributed by atoms with van der Waals surface area (Å²) in [4.78, 5) is 24.6. The van der Waals surface area contributed by atoms with Crippen molar-refractivity contribution in [2.24, 2.45) is 0 Å². The topological polar surface area (TPSA) is 76.3 Å². The Kier molecular flexibility index (Phi) is 5.04. The number of H-pyrrole nitrogens is 1. The van der Waals surface area contributed by atoms with Crippen LogP contribution in [0.25, 0.3) is 11.0 Å². The summed E-state index contributed by atoms with van der Waals surface area (Å²) in [6, 6.07) is 15.5. The maximum atomic E-state index is 12.3. The molecule has 2 aromatic carbocycles. The highest BCUT2D eigenvalue weighted by Crippen LogP contribution is 2.13. The number of rotatable bonds is 5. The van der Waals surface area contributed by atoms with Crippen molar-refractivity contribution in [1.82, 2.24) is 25.2 Å². The Labute approximate surface area is 158 Å². The predicted molar refractivity (Wildman–Crippen MR) is 106 cm³/mol. The van der Waals surface area contributed by atoms with Crippen molar-refractivity contribution in [3.05, 3.63) is 59.7 Å². The summed E-state index contributed by atoms with van der Waals surface area (Å²) in [7, 11) is 2.16. The first-order valence-electron chi connectivity index (χ1n) is 9.18. The molecule has 0 atom stereocenters. The van der Waals surface area contributed by atoms with Crippen LogP contribution in [-0.4, -0.2) is 58.9 Å². The van der Waals surface area contributed by atoms with E-state index < -0.39 is 0 Å². The Morgan fingerprint density at radius 1 is 1.07 bits per heavy atom. The fourth-order valence-electron chi connectivity index (χ4n) is 3.23. The van der Waals surface area contributed by atoms with Gasteiger partial charge >= 0.3 is 0 Å². The fourth-order valence-corrected chi connectivity index (χ4v) is 3.23. The molecule has 0 saturated carbocycles. The van der Waals surface area contributed by atoms with Crippen molar-refractivity contribution in [3.63, 3.8) is 0 Å². The molecule has 3 aromatic rings. The number of nitrogens with zero attached hydrogens (tertiary/aromatic N) is 3. The van der Waals surface area contributed by atoms with Crippen LogP contribution >= 0.6 is 0 Å². The second kappa shape index (κ2) is 7.77. The molecular weight excluding hydrogens is 340 g/mol. The van der Waals surface area contributed by atoms with E-state index in [-0.39, 0.29) is 5.91 Å². The van der Waals surface area contributed by atoms with Crippen LogP contribution in [0, 0.1) is 0 Å². The van der Waals surface area contributed by atoms with Crippen molar-refractivity contribution < 1.29 is 4.79 Å². The quantitative estimate of drug-likeness (QED) is 0.604. The number of hydrazine groups is 1. The van der Waals surface area contributed by atoms with Gasteiger partial charge in [-0.15, -0.1) is 0 Å². The number of hydrogen-bond acceptors (Lipinski definition) is 5. The van der Waals surface area contributed by atoms with E-state index in [0.29, 0.717) is 11.5 Å². The third-order valence-electron chi connectivity index (χ3n) is 4.90. The van der Waals surface area contributed by atoms with Gasteiger partial charge in [-0.2, -0.15) is 0 Å². The van der Waals surface area contributed by atoms with E-state index in [9.17, 15) is 4.79 Å². The maximum Gasteiger partial charge on any atom is 0.269 e. The average molecular weight is 364 g/mol. The summed E-state index contributed by atoms with van der Waals surface area (Å²) in [6.07, 6.45) is 0. The van der Waals surface area contributed by atoms with E-state index in [2.05, 4.69) is 37.7 Å². The highest BCUT2D eigenvalue weighted by molar-refractivity contribution is 5.94. The largest absolute Gasteiger partial charge is 0.323 e. The lowest BCUT2D eigenvalue weighted by Crippen LogP contribution is -2.43. The number of carbonyl (C=O) groups excluding carboxylic acids is 1. The number of hydrogen-bond donors (Lipinski definition) is 3. The number of carbonyl (C=O) groups is 1. The molecule has 0 bridgehead atoms. The lowest BCUT2D eigenvalue weighted by atomic mass is 10.1. The number of likely N-dealkylation sites (N-methyl/N-ethyl adjacent to an activating group) is 1. The third kappa shape index (κ3) is 4.27. The number of fused-ring (bicyclic) bond motifs is 1. The highest BCUT2D eigenvalue weighted by atomic mass is 16.2. The van der Waals surface area contributed by atoms with Gasteiger partial charge in [-0.05, 0) is 36.9 Å². The van der Waals surface area contributed by atoms with Gasteiger partial charge in [0.2, 0.25) is 5.95 Å². The first kappa shape index (κ1) is 17.5. The molecule has 1 aliphatic heterocycles. The minimum absolute atomic E-state index is 0.193. The van der Waals surface area contributed by atoms with E-state index in [1.165, 1.54) is 5.56 Å². The summed E-state index contributed by atoms with van der Waals surface area (Å²) < 4.78 is 0. The van der Waals surface area contributed by atoms with E-state index in [0.717, 1.165) is 43.8 Å². The van der Waals surface area contributed by atoms with Gasteiger partial charge in [-0.25, -0.2) is 4.98 Å². The Morgan fingerprint density at radius 2 is 1.81 bits per heavy atom. The van der Waals surface area contributed by atoms with Crippen LogP contribution in [0.4, 0.5) is 5.95 Å². The monoisotopic (exact) mass is 364 g/mol. The van der Waals surface area contributed by atoms with E-state index in [4.69, 9.17) is 0 Å². The number of nitrogens with one attached hydrogen (secondary N) is 3. The molecule has 1 fully saturated rings. The molecule has 0 radical (unpaired) electrons. The van der Waals surface area contributed by atoms with Crippen molar-refractivity contribution in [3.8, 4) is 0 Å². The van der Waals surface area contributed by atoms with Gasteiger partial charge in [0.05, 0.1) is 11.0 Å². The van der Waals surface area contributed by atoms with Gasteiger partial charge in [0, 0.05) is 38.3 Å². The average Bonchev–Trinajstić information content (AvgIpc) is 3.11. The van der Waals surface area contributed by atoms with Crippen LogP contribution in [0.5, 0.6) is 0 Å². The number of aromatic amines is 1. The van der Waals surface area contributed by atoms with Crippen molar-refractivity contribution in [2.45, 2.75) is 6.54 Å². The molecule has 3 N–H and O–H groups in total. The first-order chi connectivity index (χ1) is 13.2. The van der Waals surface area contributed by atoms with Crippen LogP contribution in [0.2, 0.25) is 0 Å². The van der Waals surface area contributed by atoms with Crippen LogP contribution in [-0.2, 0) is 6.54 Å². The zero-order valence-electron chi connectivity index (χ0n) is 15.4. The van der Waals surface area contributed by atoms with Crippen LogP contribution in [0.1, 0.15) is 15.9 Å². The summed E-state index contributed by atoms with van der Waals surface area (Å²) in [5, 5.41) is 0. The van der Waals surface area contributed by atoms with Crippen LogP contribution in [0.15, 0.2) is 48.5 Å². The number of anilines is 1. The van der Waals surface area contributed by atoms with E-state index in [1.54, 1.807) is 0 Å². The van der Waals surface area contributed by atoms with Gasteiger partial charge < -0.3 is 9.88 Å². The molecule has 1 amide bonds. The number of para-hydroxylation sites is 2. The molecule has 0 spiro atoms. The van der Waals surface area contributed by atoms with Crippen LogP contribution in [0.3, 0.4) is 0 Å². The Hall–Kier alpha value is -2.90. The normalized spacial score (nSPS) is 15.7. The molecule has 140 valence electrons. The summed E-state index contributed by atoms with van der Waals surface area (Å²) >= 11 is 0. The zero-order chi connectivity index (χ0) is 18.6. The maximum absolute atomic E-state index is 12.3. The molecule has 0 unspecified atom stereocenters. The van der Waals surface area contributed by atoms with Gasteiger partial charge in [0.25, 0.3) is 5.91 Å². The van der Waals surface area contributed by atoms with Crippen LogP contribution < -0.4 is 10.9 Å². The molecule has 7 nitrogen and oxygen atoms in total. The highest BCUT2D eigenvalue weighted by Gasteiger charge is 2.14. The number of aromatic nitrogens is 2. The van der Waals surface area contributed by atoms with Gasteiger partial charge in [0.1, 0.15) is 0 Å². The van der Waals surface area contributed by atoms with Crippen molar-refractivity contribution in [2.75, 3.05) is 38.7 Å². The fraction of sp³-hybridized carbons (Fsp3) is 0.300. The number of imidazole rings is 1. The first-order valence-corrected chi connectivity index (χ1v) is 9.18. The van der Waals surface area contributed by atoms with Crippen molar-refractivity contribution in [1.29, 1.82) is 0 Å². The Morgan fingerprint density at radius 3 is 2.56 bits per heavy atom. The summed E-state index contributed by atoms with van der Waals surface area (Å²) in [6.45, 7) is 5.30. The molecule has 0 aliphatic carbocycles. The minimum Gasteiger partial charge on any atom is -0.323 e. The molecule has 1 aliphatic rings. The molecular formula is C20H24N6O. The smallest absolute Gasteiger partial charge is 0.269 e. The van der Waals surface area contributed by atoms with Gasteiger partial charge in [-0.3, -0.25) is 20.5 Å². The zero-order valence-corrected chi connectivity index (χ0v) is 15.4. The number of piperazine rings is 1. The minimum atomic E-state index is -0.193. The van der Waals surface area contributed by atoms with Gasteiger partial charge in [-0.1, -0.05) is 24.3 Å². The predicted octanol–water partition coefficient (Wildman–Crippen LogP) is 2.07. The van der Waals surface area contributed by atoms with Gasteiger partial charge in [0.15, 0.2) is 0 Å². The molecule has 7 heteroatoms. The third-order valence-corrected chi connectivity index (χ3v) is 4.90. The SMILES string of the molecule is CN1CCN(Cc2ccc(C(=O)NNc3nc4ccccc4[nH]3)cc2)CC1. The van der Waals surface area contributed by atoms with Crippen molar-refractivity contribution >= 4 is 22.9 Å². The lowest BCUT2D eigenvalue weighted by molar-refractivity contribution is 0.0962. The number of amides is 1. The number of benzene rings is 2. The standard InChI is InChI=1S/C20H24N6O/c1-25-10-12-26(13-11-25)14-15-6-8-16(9-7-15)19(27)23-24-20-21-17-4-2-3-5-18(17)22-20/h2-9H,10-14H2,1H3,(H,23,27)(H2,21,22,24). The molecule has 4 rings (SSSR count). The Balaban J connectivity index is 1.32. The summed E-state index contributed by atoms with van der Waals surface area (Å²) in [5.74, 6) is 0.317. The molecule has 1 aromatic heterocycles. The van der Waals surface area contributed by atoms with E-state index in [1.807, 2.05) is 48.5 Å². The summed E-state index contributed by atoms with van der Waals surface area (Å²) in [5.41, 5.74) is 9.12. The molecule has 1 saturated heterocycles. The molecule has 2 heterocycles. The Bertz CT molecular complexity index is 879. The second-order valence-electron chi connectivity index (χ2n) is 6.96. The lowest BCUT2D eigenvalue weighted by Gasteiger charge is -2.32.